The summed E-state index contributed by atoms with van der Waals surface area (Å²) in [4.78, 5) is 18.4. The molecule has 4 aromatic rings. The lowest BCUT2D eigenvalue weighted by Gasteiger charge is -2.16. The Kier molecular flexibility index (Phi) is 5.28. The monoisotopic (exact) mass is 413 g/mol. The Hall–Kier alpha value is -3.78. The maximum absolute atomic E-state index is 5.55. The average Bonchev–Trinajstić information content (AvgIpc) is 3.32. The third kappa shape index (κ3) is 4.10. The molecule has 0 radical (unpaired) electrons. The molecular formula is C23H23N7O. The van der Waals surface area contributed by atoms with E-state index in [1.807, 2.05) is 42.5 Å². The zero-order valence-electron chi connectivity index (χ0n) is 17.2. The summed E-state index contributed by atoms with van der Waals surface area (Å²) in [5.41, 5.74) is 2.56. The van der Waals surface area contributed by atoms with Gasteiger partial charge in [0.1, 0.15) is 17.4 Å². The highest BCUT2D eigenvalue weighted by Gasteiger charge is 2.19. The van der Waals surface area contributed by atoms with E-state index in [1.54, 1.807) is 25.7 Å². The molecule has 0 spiro atoms. The van der Waals surface area contributed by atoms with Gasteiger partial charge in [0, 0.05) is 30.0 Å². The van der Waals surface area contributed by atoms with Crippen molar-refractivity contribution in [1.82, 2.24) is 25.3 Å². The van der Waals surface area contributed by atoms with Crippen molar-refractivity contribution >= 4 is 28.2 Å². The molecule has 8 nitrogen and oxygen atoms in total. The number of aromatic nitrogens is 4. The Labute approximate surface area is 180 Å². The van der Waals surface area contributed by atoms with Gasteiger partial charge < -0.3 is 20.7 Å². The van der Waals surface area contributed by atoms with Gasteiger partial charge in [0.25, 0.3) is 0 Å². The van der Waals surface area contributed by atoms with Crippen molar-refractivity contribution in [3.63, 3.8) is 0 Å². The van der Waals surface area contributed by atoms with Crippen LogP contribution >= 0.6 is 0 Å². The van der Waals surface area contributed by atoms with Gasteiger partial charge in [0.05, 0.1) is 30.4 Å². The van der Waals surface area contributed by atoms with Crippen LogP contribution in [0.5, 0.6) is 5.75 Å². The summed E-state index contributed by atoms with van der Waals surface area (Å²) in [6.45, 7) is 1.89. The number of rotatable bonds is 6. The number of pyridine rings is 2. The molecule has 4 heterocycles. The van der Waals surface area contributed by atoms with E-state index < -0.39 is 0 Å². The quantitative estimate of drug-likeness (QED) is 0.441. The number of fused-ring (bicyclic) bond motifs is 1. The number of hydrogen-bond acceptors (Lipinski definition) is 8. The van der Waals surface area contributed by atoms with Gasteiger partial charge in [-0.3, -0.25) is 4.98 Å². The van der Waals surface area contributed by atoms with Crippen LogP contribution in [-0.2, 0) is 0 Å². The molecular weight excluding hydrogens is 390 g/mol. The third-order valence-electron chi connectivity index (χ3n) is 5.26. The first-order chi connectivity index (χ1) is 15.3. The minimum Gasteiger partial charge on any atom is -0.494 e. The lowest BCUT2D eigenvalue weighted by molar-refractivity contribution is 0.418. The van der Waals surface area contributed by atoms with Crippen molar-refractivity contribution in [2.75, 3.05) is 30.8 Å². The van der Waals surface area contributed by atoms with E-state index in [9.17, 15) is 0 Å². The fourth-order valence-electron chi connectivity index (χ4n) is 3.72. The summed E-state index contributed by atoms with van der Waals surface area (Å²) >= 11 is 0. The molecule has 1 fully saturated rings. The van der Waals surface area contributed by atoms with Crippen molar-refractivity contribution < 1.29 is 4.74 Å². The first-order valence-electron chi connectivity index (χ1n) is 10.3. The highest BCUT2D eigenvalue weighted by Crippen LogP contribution is 2.32. The maximum Gasteiger partial charge on any atom is 0.162 e. The van der Waals surface area contributed by atoms with Crippen LogP contribution in [-0.4, -0.2) is 46.2 Å². The topological polar surface area (TPSA) is 96.9 Å². The van der Waals surface area contributed by atoms with Crippen molar-refractivity contribution in [2.24, 2.45) is 0 Å². The number of benzene rings is 1. The minimum atomic E-state index is 0.302. The summed E-state index contributed by atoms with van der Waals surface area (Å²) in [6, 6.07) is 14.1. The van der Waals surface area contributed by atoms with Crippen LogP contribution in [0.2, 0.25) is 0 Å². The number of hydrogen-bond donors (Lipinski definition) is 3. The van der Waals surface area contributed by atoms with Crippen LogP contribution < -0.4 is 20.7 Å². The Morgan fingerprint density at radius 2 is 2.00 bits per heavy atom. The van der Waals surface area contributed by atoms with Gasteiger partial charge in [0.15, 0.2) is 5.82 Å². The van der Waals surface area contributed by atoms with Crippen LogP contribution in [0.25, 0.3) is 22.3 Å². The third-order valence-corrected chi connectivity index (χ3v) is 5.26. The van der Waals surface area contributed by atoms with Crippen molar-refractivity contribution in [3.8, 4) is 17.1 Å². The van der Waals surface area contributed by atoms with Gasteiger partial charge in [-0.2, -0.15) is 0 Å². The largest absolute Gasteiger partial charge is 0.494 e. The first kappa shape index (κ1) is 19.2. The number of ether oxygens (including phenoxy) is 1. The molecule has 5 rings (SSSR count). The molecule has 1 aliphatic heterocycles. The van der Waals surface area contributed by atoms with Crippen LogP contribution in [0.1, 0.15) is 6.42 Å². The van der Waals surface area contributed by atoms with Gasteiger partial charge in [0.2, 0.25) is 0 Å². The van der Waals surface area contributed by atoms with Gasteiger partial charge in [-0.25, -0.2) is 15.0 Å². The van der Waals surface area contributed by atoms with Crippen LogP contribution in [0.15, 0.2) is 61.1 Å². The van der Waals surface area contributed by atoms with Crippen molar-refractivity contribution in [3.05, 3.63) is 61.1 Å². The number of nitrogens with one attached hydrogen (secondary N) is 3. The molecule has 31 heavy (non-hydrogen) atoms. The molecule has 3 N–H and O–H groups in total. The summed E-state index contributed by atoms with van der Waals surface area (Å²) in [7, 11) is 1.63. The molecule has 0 bridgehead atoms. The fraction of sp³-hybridized carbons (Fsp3) is 0.217. The Bertz CT molecular complexity index is 1190. The van der Waals surface area contributed by atoms with E-state index in [2.05, 4.69) is 25.9 Å². The molecule has 156 valence electrons. The van der Waals surface area contributed by atoms with Gasteiger partial charge in [-0.05, 0) is 37.2 Å². The molecule has 0 amide bonds. The molecule has 3 aromatic heterocycles. The zero-order chi connectivity index (χ0) is 21.0. The second kappa shape index (κ2) is 8.53. The SMILES string of the molecule is COc1cncc2nc(-c3ccnc(Nc4ccccc4)c3)nc(NC3CCNC3)c12. The Balaban J connectivity index is 1.56. The fourth-order valence-corrected chi connectivity index (χ4v) is 3.72. The maximum atomic E-state index is 5.55. The minimum absolute atomic E-state index is 0.302. The van der Waals surface area contributed by atoms with Crippen LogP contribution in [0.3, 0.4) is 0 Å². The van der Waals surface area contributed by atoms with E-state index in [1.165, 1.54) is 0 Å². The lowest BCUT2D eigenvalue weighted by atomic mass is 10.2. The first-order valence-corrected chi connectivity index (χ1v) is 10.3. The molecule has 8 heteroatoms. The van der Waals surface area contributed by atoms with Gasteiger partial charge in [-0.1, -0.05) is 18.2 Å². The molecule has 1 saturated heterocycles. The predicted molar refractivity (Wildman–Crippen MR) is 122 cm³/mol. The molecule has 1 aromatic carbocycles. The number of methoxy groups -OCH3 is 1. The van der Waals surface area contributed by atoms with Crippen molar-refractivity contribution in [1.29, 1.82) is 0 Å². The predicted octanol–water partition coefficient (Wildman–Crippen LogP) is 3.61. The second-order valence-electron chi connectivity index (χ2n) is 7.39. The molecule has 1 atom stereocenters. The summed E-state index contributed by atoms with van der Waals surface area (Å²) in [5, 5.41) is 11.1. The molecule has 1 unspecified atom stereocenters. The number of anilines is 3. The summed E-state index contributed by atoms with van der Waals surface area (Å²) < 4.78 is 5.55. The molecule has 1 aliphatic rings. The standard InChI is InChI=1S/C23H23N7O/c1-31-19-14-25-13-18-21(19)23(28-17-8-9-24-12-17)30-22(29-18)15-7-10-26-20(11-15)27-16-5-3-2-4-6-16/h2-7,10-11,13-14,17,24H,8-9,12H2,1H3,(H,26,27)(H,28,29,30). The zero-order valence-corrected chi connectivity index (χ0v) is 17.2. The van der Waals surface area contributed by atoms with E-state index in [-0.39, 0.29) is 0 Å². The number of para-hydroxylation sites is 1. The Morgan fingerprint density at radius 3 is 2.81 bits per heavy atom. The summed E-state index contributed by atoms with van der Waals surface area (Å²) in [6.07, 6.45) is 6.23. The normalized spacial score (nSPS) is 15.7. The smallest absolute Gasteiger partial charge is 0.162 e. The van der Waals surface area contributed by atoms with Gasteiger partial charge >= 0.3 is 0 Å². The average molecular weight is 413 g/mol. The van der Waals surface area contributed by atoms with Crippen LogP contribution in [0.4, 0.5) is 17.3 Å². The molecule has 0 aliphatic carbocycles. The van der Waals surface area contributed by atoms with E-state index in [0.717, 1.165) is 53.3 Å². The number of nitrogens with zero attached hydrogens (tertiary/aromatic N) is 4. The van der Waals surface area contributed by atoms with Gasteiger partial charge in [-0.15, -0.1) is 0 Å². The van der Waals surface area contributed by atoms with E-state index in [0.29, 0.717) is 17.6 Å². The highest BCUT2D eigenvalue weighted by molar-refractivity contribution is 5.95. The van der Waals surface area contributed by atoms with E-state index in [4.69, 9.17) is 14.7 Å². The van der Waals surface area contributed by atoms with Crippen molar-refractivity contribution in [2.45, 2.75) is 12.5 Å². The Morgan fingerprint density at radius 1 is 1.10 bits per heavy atom. The highest BCUT2D eigenvalue weighted by atomic mass is 16.5. The van der Waals surface area contributed by atoms with E-state index >= 15 is 0 Å². The second-order valence-corrected chi connectivity index (χ2v) is 7.39. The van der Waals surface area contributed by atoms with Crippen LogP contribution in [0, 0.1) is 0 Å². The summed E-state index contributed by atoms with van der Waals surface area (Å²) in [5.74, 6) is 2.74. The lowest BCUT2D eigenvalue weighted by Crippen LogP contribution is -2.23. The molecule has 0 saturated carbocycles.